The van der Waals surface area contributed by atoms with Crippen LogP contribution in [0.3, 0.4) is 0 Å². The van der Waals surface area contributed by atoms with Gasteiger partial charge in [-0.05, 0) is 30.3 Å². The molecule has 0 aliphatic carbocycles. The Morgan fingerprint density at radius 1 is 1.03 bits per heavy atom. The number of benzene rings is 2. The van der Waals surface area contributed by atoms with Crippen molar-refractivity contribution >= 4 is 11.5 Å². The second-order valence-electron chi connectivity index (χ2n) is 8.35. The fraction of sp³-hybridized carbons (Fsp3) is 0.348. The molecule has 1 atom stereocenters. The molecule has 0 bridgehead atoms. The molecule has 1 saturated heterocycles. The second-order valence-corrected chi connectivity index (χ2v) is 8.35. The summed E-state index contributed by atoms with van der Waals surface area (Å²) in [5.74, 6) is -1.51. The third-order valence-corrected chi connectivity index (χ3v) is 5.87. The summed E-state index contributed by atoms with van der Waals surface area (Å²) < 4.78 is 29.5. The molecule has 0 radical (unpaired) electrons. The molecule has 2 heterocycles. The van der Waals surface area contributed by atoms with Crippen LogP contribution < -0.4 is 5.73 Å². The Balaban J connectivity index is 1.41. The monoisotopic (exact) mass is 456 g/mol. The Hall–Kier alpha value is -3.21. The molecular weight excluding hydrogens is 430 g/mol. The van der Waals surface area contributed by atoms with Gasteiger partial charge in [0.15, 0.2) is 5.78 Å². The lowest BCUT2D eigenvalue weighted by Crippen LogP contribution is -2.53. The van der Waals surface area contributed by atoms with Crippen molar-refractivity contribution in [2.24, 2.45) is 0 Å². The summed E-state index contributed by atoms with van der Waals surface area (Å²) in [4.78, 5) is 20.5. The number of β-amino-alcohol motifs (C(OH)–C–C–N with tert-alkyl or cyclic N) is 1. The number of carbonyl (C=O) groups excluding carboxylic acids is 1. The Morgan fingerprint density at radius 2 is 1.73 bits per heavy atom. The van der Waals surface area contributed by atoms with E-state index < -0.39 is 17.2 Å². The van der Waals surface area contributed by atoms with Crippen molar-refractivity contribution in [3.05, 3.63) is 77.9 Å². The maximum Gasteiger partial charge on any atom is 0.176 e. The molecule has 0 spiro atoms. The largest absolute Gasteiger partial charge is 0.399 e. The number of aliphatic hydroxyl groups is 1. The minimum atomic E-state index is -1.65. The first-order valence-electron chi connectivity index (χ1n) is 10.7. The number of nitrogen functional groups attached to an aromatic ring is 1. The van der Waals surface area contributed by atoms with E-state index in [2.05, 4.69) is 10.1 Å². The lowest BCUT2D eigenvalue weighted by atomic mass is 9.92. The normalized spacial score (nSPS) is 17.1. The fourth-order valence-corrected chi connectivity index (χ4v) is 4.11. The Kier molecular flexibility index (Phi) is 6.77. The third-order valence-electron chi connectivity index (χ3n) is 5.87. The Morgan fingerprint density at radius 3 is 2.36 bits per heavy atom. The molecule has 3 aromatic rings. The van der Waals surface area contributed by atoms with Gasteiger partial charge in [0.25, 0.3) is 0 Å². The minimum Gasteiger partial charge on any atom is -0.399 e. The van der Waals surface area contributed by atoms with Crippen molar-refractivity contribution in [2.45, 2.75) is 12.1 Å². The number of ketones is 1. The predicted octanol–water partition coefficient (Wildman–Crippen LogP) is 1.53. The number of rotatable bonds is 8. The van der Waals surface area contributed by atoms with E-state index in [-0.39, 0.29) is 31.0 Å². The van der Waals surface area contributed by atoms with Gasteiger partial charge in [0.2, 0.25) is 0 Å². The van der Waals surface area contributed by atoms with Gasteiger partial charge in [0, 0.05) is 55.6 Å². The summed E-state index contributed by atoms with van der Waals surface area (Å²) in [7, 11) is 0. The maximum absolute atomic E-state index is 14.6. The smallest absolute Gasteiger partial charge is 0.176 e. The van der Waals surface area contributed by atoms with Crippen LogP contribution in [-0.2, 0) is 12.1 Å². The first kappa shape index (κ1) is 23.0. The SMILES string of the molecule is Nc1ccc(C(=O)CN2CCN(CC(O)(Cn3cncn3)c3ccc(F)cc3F)CC2)cc1. The van der Waals surface area contributed by atoms with Gasteiger partial charge in [-0.2, -0.15) is 5.10 Å². The molecule has 1 aliphatic rings. The van der Waals surface area contributed by atoms with Crippen LogP contribution in [0.25, 0.3) is 0 Å². The summed E-state index contributed by atoms with van der Waals surface area (Å²) in [6.07, 6.45) is 2.77. The third kappa shape index (κ3) is 5.59. The molecule has 4 rings (SSSR count). The Bertz CT molecular complexity index is 1080. The van der Waals surface area contributed by atoms with Gasteiger partial charge in [-0.15, -0.1) is 0 Å². The van der Waals surface area contributed by atoms with Crippen molar-refractivity contribution in [2.75, 3.05) is 45.0 Å². The highest BCUT2D eigenvalue weighted by atomic mass is 19.1. The van der Waals surface area contributed by atoms with Crippen LogP contribution in [-0.4, -0.2) is 74.7 Å². The first-order valence-corrected chi connectivity index (χ1v) is 10.7. The van der Waals surface area contributed by atoms with E-state index in [1.807, 2.05) is 9.80 Å². The zero-order chi connectivity index (χ0) is 23.4. The van der Waals surface area contributed by atoms with Gasteiger partial charge in [0.1, 0.15) is 29.9 Å². The second kappa shape index (κ2) is 9.74. The molecule has 1 aromatic heterocycles. The standard InChI is InChI=1S/C23H26F2N6O2/c24-18-3-6-20(21(25)11-18)23(33,14-31-16-27-15-28-31)13-30-9-7-29(8-10-30)12-22(32)17-1-4-19(26)5-2-17/h1-6,11,15-16,33H,7-10,12-14,26H2. The van der Waals surface area contributed by atoms with Crippen molar-refractivity contribution in [3.63, 3.8) is 0 Å². The maximum atomic E-state index is 14.6. The van der Waals surface area contributed by atoms with Gasteiger partial charge < -0.3 is 10.8 Å². The number of anilines is 1. The number of nitrogens with zero attached hydrogens (tertiary/aromatic N) is 5. The fourth-order valence-electron chi connectivity index (χ4n) is 4.11. The van der Waals surface area contributed by atoms with E-state index in [1.165, 1.54) is 23.4 Å². The van der Waals surface area contributed by atoms with Gasteiger partial charge in [0.05, 0.1) is 13.1 Å². The number of Topliss-reactive ketones (excluding diaryl/α,β-unsaturated/α-hetero) is 1. The summed E-state index contributed by atoms with van der Waals surface area (Å²) in [5.41, 5.74) is 5.25. The highest BCUT2D eigenvalue weighted by molar-refractivity contribution is 5.97. The van der Waals surface area contributed by atoms with Crippen LogP contribution in [0, 0.1) is 11.6 Å². The van der Waals surface area contributed by atoms with Crippen molar-refractivity contribution in [3.8, 4) is 0 Å². The lowest BCUT2D eigenvalue weighted by molar-refractivity contribution is -0.0314. The molecule has 3 N–H and O–H groups in total. The van der Waals surface area contributed by atoms with E-state index in [0.717, 1.165) is 12.1 Å². The van der Waals surface area contributed by atoms with Crippen LogP contribution >= 0.6 is 0 Å². The molecule has 10 heteroatoms. The summed E-state index contributed by atoms with van der Waals surface area (Å²) >= 11 is 0. The van der Waals surface area contributed by atoms with E-state index in [1.54, 1.807) is 24.3 Å². The van der Waals surface area contributed by atoms with Gasteiger partial charge in [-0.3, -0.25) is 14.6 Å². The van der Waals surface area contributed by atoms with Crippen molar-refractivity contribution in [1.29, 1.82) is 0 Å². The number of aromatic nitrogens is 3. The van der Waals surface area contributed by atoms with E-state index in [9.17, 15) is 18.7 Å². The number of hydrogen-bond acceptors (Lipinski definition) is 7. The minimum absolute atomic E-state index is 0.000331. The number of piperazine rings is 1. The molecule has 1 fully saturated rings. The molecule has 2 aromatic carbocycles. The van der Waals surface area contributed by atoms with Crippen LogP contribution in [0.4, 0.5) is 14.5 Å². The van der Waals surface area contributed by atoms with Crippen molar-refractivity contribution < 1.29 is 18.7 Å². The highest BCUT2D eigenvalue weighted by Crippen LogP contribution is 2.28. The van der Waals surface area contributed by atoms with E-state index in [4.69, 9.17) is 5.73 Å². The number of halogens is 2. The van der Waals surface area contributed by atoms with E-state index in [0.29, 0.717) is 37.4 Å². The van der Waals surface area contributed by atoms with Gasteiger partial charge >= 0.3 is 0 Å². The molecular formula is C23H26F2N6O2. The number of hydrogen-bond donors (Lipinski definition) is 2. The average Bonchev–Trinajstić information content (AvgIpc) is 3.28. The summed E-state index contributed by atoms with van der Waals surface area (Å²) in [6.45, 7) is 2.77. The molecule has 33 heavy (non-hydrogen) atoms. The molecule has 1 unspecified atom stereocenters. The van der Waals surface area contributed by atoms with Crippen molar-refractivity contribution in [1.82, 2.24) is 24.6 Å². The zero-order valence-corrected chi connectivity index (χ0v) is 18.1. The van der Waals surface area contributed by atoms with Gasteiger partial charge in [-0.1, -0.05) is 6.07 Å². The van der Waals surface area contributed by atoms with Crippen LogP contribution in [0.15, 0.2) is 55.1 Å². The van der Waals surface area contributed by atoms with Crippen LogP contribution in [0.2, 0.25) is 0 Å². The highest BCUT2D eigenvalue weighted by Gasteiger charge is 2.36. The molecule has 8 nitrogen and oxygen atoms in total. The molecule has 174 valence electrons. The first-order chi connectivity index (χ1) is 15.8. The van der Waals surface area contributed by atoms with Crippen LogP contribution in [0.5, 0.6) is 0 Å². The average molecular weight is 456 g/mol. The topological polar surface area (TPSA) is 101 Å². The molecule has 0 amide bonds. The predicted molar refractivity (Wildman–Crippen MR) is 118 cm³/mol. The Labute approximate surface area is 190 Å². The van der Waals surface area contributed by atoms with Crippen LogP contribution in [0.1, 0.15) is 15.9 Å². The summed E-state index contributed by atoms with van der Waals surface area (Å²) in [6, 6.07) is 10.0. The molecule has 0 saturated carbocycles. The zero-order valence-electron chi connectivity index (χ0n) is 18.1. The van der Waals surface area contributed by atoms with E-state index >= 15 is 0 Å². The van der Waals surface area contributed by atoms with Gasteiger partial charge in [-0.25, -0.2) is 18.4 Å². The number of carbonyl (C=O) groups is 1. The lowest BCUT2D eigenvalue weighted by Gasteiger charge is -2.39. The number of nitrogens with two attached hydrogens (primary N) is 1. The summed E-state index contributed by atoms with van der Waals surface area (Å²) in [5, 5.41) is 15.5. The quantitative estimate of drug-likeness (QED) is 0.392. The molecule has 1 aliphatic heterocycles.